The second-order valence-corrected chi connectivity index (χ2v) is 12.2. The first-order chi connectivity index (χ1) is 17.1. The Balaban J connectivity index is 1.54. The molecule has 1 aliphatic heterocycles. The Labute approximate surface area is 223 Å². The topological polar surface area (TPSA) is 61.8 Å². The molecule has 1 heterocycles. The summed E-state index contributed by atoms with van der Waals surface area (Å²) in [4.78, 5) is 26.0. The third-order valence-corrected chi connectivity index (χ3v) is 8.29. The first-order valence-electron chi connectivity index (χ1n) is 13.0. The average molecular weight is 558 g/mol. The van der Waals surface area contributed by atoms with Gasteiger partial charge in [-0.2, -0.15) is 0 Å². The fraction of sp³-hybridized carbons (Fsp3) is 0.600. The van der Waals surface area contributed by atoms with Crippen molar-refractivity contribution < 1.29 is 23.8 Å². The summed E-state index contributed by atoms with van der Waals surface area (Å²) in [6, 6.07) is 9.07. The summed E-state index contributed by atoms with van der Waals surface area (Å²) >= 11 is 3.56. The minimum Gasteiger partial charge on any atom is -0.458 e. The number of hydrogen-bond donors (Lipinski definition) is 0. The second-order valence-electron chi connectivity index (χ2n) is 11.3. The molecule has 1 spiro atoms. The van der Waals surface area contributed by atoms with Gasteiger partial charge in [-0.15, -0.1) is 11.8 Å². The van der Waals surface area contributed by atoms with Crippen LogP contribution in [0.15, 0.2) is 40.9 Å². The molecule has 4 rings (SSSR count). The number of halogens is 1. The van der Waals surface area contributed by atoms with E-state index < -0.39 is 5.79 Å². The highest BCUT2D eigenvalue weighted by Gasteiger charge is 2.57. The van der Waals surface area contributed by atoms with E-state index in [0.717, 1.165) is 25.7 Å². The molecule has 1 saturated heterocycles. The van der Waals surface area contributed by atoms with E-state index in [9.17, 15) is 9.59 Å². The quantitative estimate of drug-likeness (QED) is 0.233. The number of carbonyl (C=O) groups is 2. The number of fused-ring (bicyclic) bond motifs is 1. The molecule has 2 aliphatic carbocycles. The van der Waals surface area contributed by atoms with Crippen molar-refractivity contribution in [3.63, 3.8) is 0 Å². The molecule has 1 aromatic carbocycles. The van der Waals surface area contributed by atoms with Crippen molar-refractivity contribution in [1.29, 1.82) is 0 Å². The van der Waals surface area contributed by atoms with Gasteiger partial charge in [0.2, 0.25) is 0 Å². The van der Waals surface area contributed by atoms with E-state index in [1.807, 2.05) is 38.1 Å². The highest BCUT2D eigenvalue weighted by Crippen LogP contribution is 2.56. The maximum Gasteiger partial charge on any atom is 0.338 e. The summed E-state index contributed by atoms with van der Waals surface area (Å²) in [7, 11) is 0. The van der Waals surface area contributed by atoms with Crippen LogP contribution < -0.4 is 0 Å². The third kappa shape index (κ3) is 6.13. The van der Waals surface area contributed by atoms with Gasteiger partial charge in [-0.1, -0.05) is 52.0 Å². The number of hydrogen-bond acceptors (Lipinski definition) is 5. The van der Waals surface area contributed by atoms with Gasteiger partial charge in [-0.3, -0.25) is 4.79 Å². The molecule has 36 heavy (non-hydrogen) atoms. The highest BCUT2D eigenvalue weighted by atomic mass is 79.9. The fourth-order valence-electron chi connectivity index (χ4n) is 5.64. The molecule has 6 heteroatoms. The Morgan fingerprint density at radius 2 is 1.86 bits per heavy atom. The van der Waals surface area contributed by atoms with Gasteiger partial charge < -0.3 is 14.2 Å². The lowest BCUT2D eigenvalue weighted by Crippen LogP contribution is -2.46. The standard InChI is InChI=1S/C30H37BrO5/c1-5-6-8-11-20(2)27(32)25(31)15-23-24-17-30(34-18-29(3,4)19-35-30)16-22(24)14-26(23)36-28(33)21-12-9-7-10-13-21/h7,9-10,12-13,15,20,22-24,26H,5,11,14,16-19H2,1-4H3. The van der Waals surface area contributed by atoms with Crippen LogP contribution in [0.3, 0.4) is 0 Å². The summed E-state index contributed by atoms with van der Waals surface area (Å²) in [5.41, 5.74) is 0.538. The number of rotatable bonds is 6. The number of esters is 1. The predicted octanol–water partition coefficient (Wildman–Crippen LogP) is 6.31. The SMILES string of the molecule is CCC#CCC(C)C(=O)C(Br)=CC1C(OC(=O)c2ccccc2)CC2CC3(CC21)OCC(C)(C)CO3. The van der Waals surface area contributed by atoms with E-state index >= 15 is 0 Å². The lowest BCUT2D eigenvalue weighted by molar-refractivity contribution is -0.298. The van der Waals surface area contributed by atoms with Crippen LogP contribution in [-0.2, 0) is 19.0 Å². The number of carbonyl (C=O) groups excluding carboxylic acids is 2. The minimum atomic E-state index is -0.579. The van der Waals surface area contributed by atoms with Crippen LogP contribution in [0.5, 0.6) is 0 Å². The lowest BCUT2D eigenvalue weighted by atomic mass is 9.89. The molecule has 3 aliphatic rings. The van der Waals surface area contributed by atoms with E-state index in [2.05, 4.69) is 41.6 Å². The largest absolute Gasteiger partial charge is 0.458 e. The normalized spacial score (nSPS) is 29.2. The molecule has 0 amide bonds. The first-order valence-corrected chi connectivity index (χ1v) is 13.8. The van der Waals surface area contributed by atoms with Crippen molar-refractivity contribution >= 4 is 27.7 Å². The van der Waals surface area contributed by atoms with Crippen LogP contribution in [0.2, 0.25) is 0 Å². The second kappa shape index (κ2) is 11.2. The van der Waals surface area contributed by atoms with E-state index in [1.54, 1.807) is 12.1 Å². The Kier molecular flexibility index (Phi) is 8.44. The van der Waals surface area contributed by atoms with Crippen LogP contribution in [0.1, 0.15) is 70.2 Å². The fourth-order valence-corrected chi connectivity index (χ4v) is 6.34. The number of Topliss-reactive ketones (excluding diaryl/α,β-unsaturated/α-hetero) is 1. The van der Waals surface area contributed by atoms with Gasteiger partial charge in [0.1, 0.15) is 6.10 Å². The number of allylic oxidation sites excluding steroid dienone is 1. The number of ketones is 1. The first kappa shape index (κ1) is 27.1. The van der Waals surface area contributed by atoms with Crippen molar-refractivity contribution in [2.24, 2.45) is 29.1 Å². The Bertz CT molecular complexity index is 1040. The zero-order valence-corrected chi connectivity index (χ0v) is 23.3. The minimum absolute atomic E-state index is 0.00224. The number of benzene rings is 1. The molecule has 2 saturated carbocycles. The molecule has 0 bridgehead atoms. The zero-order chi connectivity index (χ0) is 25.9. The van der Waals surface area contributed by atoms with Crippen LogP contribution in [0.4, 0.5) is 0 Å². The summed E-state index contributed by atoms with van der Waals surface area (Å²) in [6.07, 6.45) is 5.23. The van der Waals surface area contributed by atoms with E-state index in [1.165, 1.54) is 0 Å². The Morgan fingerprint density at radius 1 is 1.17 bits per heavy atom. The van der Waals surface area contributed by atoms with Crippen LogP contribution in [-0.4, -0.2) is 36.9 Å². The van der Waals surface area contributed by atoms with Crippen LogP contribution >= 0.6 is 15.9 Å². The Hall–Kier alpha value is -1.94. The molecule has 0 radical (unpaired) electrons. The molecular formula is C30H37BrO5. The van der Waals surface area contributed by atoms with Gasteiger partial charge in [0.25, 0.3) is 0 Å². The monoisotopic (exact) mass is 556 g/mol. The maximum absolute atomic E-state index is 13.1. The summed E-state index contributed by atoms with van der Waals surface area (Å²) in [6.45, 7) is 9.53. The lowest BCUT2D eigenvalue weighted by Gasteiger charge is -2.42. The van der Waals surface area contributed by atoms with Gasteiger partial charge in [0, 0.05) is 42.9 Å². The molecule has 1 aromatic rings. The van der Waals surface area contributed by atoms with E-state index in [4.69, 9.17) is 14.2 Å². The number of ether oxygens (including phenoxy) is 3. The van der Waals surface area contributed by atoms with E-state index in [-0.39, 0.29) is 41.0 Å². The Morgan fingerprint density at radius 3 is 2.53 bits per heavy atom. The molecule has 3 fully saturated rings. The smallest absolute Gasteiger partial charge is 0.338 e. The average Bonchev–Trinajstić information content (AvgIpc) is 3.36. The molecule has 5 atom stereocenters. The van der Waals surface area contributed by atoms with Crippen molar-refractivity contribution in [3.8, 4) is 11.8 Å². The van der Waals surface area contributed by atoms with Crippen molar-refractivity contribution in [2.45, 2.75) is 71.7 Å². The predicted molar refractivity (Wildman–Crippen MR) is 142 cm³/mol. The van der Waals surface area contributed by atoms with Crippen LogP contribution in [0, 0.1) is 40.9 Å². The summed E-state index contributed by atoms with van der Waals surface area (Å²) < 4.78 is 19.2. The molecule has 0 aromatic heterocycles. The maximum atomic E-state index is 13.1. The zero-order valence-electron chi connectivity index (χ0n) is 21.7. The molecule has 194 valence electrons. The summed E-state index contributed by atoms with van der Waals surface area (Å²) in [5.74, 6) is 5.42. The van der Waals surface area contributed by atoms with Gasteiger partial charge >= 0.3 is 5.97 Å². The molecule has 0 N–H and O–H groups in total. The van der Waals surface area contributed by atoms with Gasteiger partial charge in [0.05, 0.1) is 23.3 Å². The van der Waals surface area contributed by atoms with Crippen LogP contribution in [0.25, 0.3) is 0 Å². The molecular weight excluding hydrogens is 520 g/mol. The highest BCUT2D eigenvalue weighted by molar-refractivity contribution is 9.12. The van der Waals surface area contributed by atoms with Crippen molar-refractivity contribution in [3.05, 3.63) is 46.5 Å². The third-order valence-electron chi connectivity index (χ3n) is 7.64. The van der Waals surface area contributed by atoms with E-state index in [0.29, 0.717) is 35.6 Å². The van der Waals surface area contributed by atoms with Gasteiger partial charge in [-0.05, 0) is 46.3 Å². The van der Waals surface area contributed by atoms with Crippen molar-refractivity contribution in [1.82, 2.24) is 0 Å². The van der Waals surface area contributed by atoms with Crippen molar-refractivity contribution in [2.75, 3.05) is 13.2 Å². The van der Waals surface area contributed by atoms with Gasteiger partial charge in [-0.25, -0.2) is 4.79 Å². The summed E-state index contributed by atoms with van der Waals surface area (Å²) in [5, 5.41) is 0. The molecule has 5 nitrogen and oxygen atoms in total. The van der Waals surface area contributed by atoms with Gasteiger partial charge in [0.15, 0.2) is 11.6 Å². The molecule has 5 unspecified atom stereocenters.